The Morgan fingerprint density at radius 2 is 2.00 bits per heavy atom. The van der Waals surface area contributed by atoms with Gasteiger partial charge in [-0.25, -0.2) is 4.79 Å². The summed E-state index contributed by atoms with van der Waals surface area (Å²) in [5.41, 5.74) is 1.11. The van der Waals surface area contributed by atoms with Gasteiger partial charge in [0.15, 0.2) is 0 Å². The Hall–Kier alpha value is -1.86. The van der Waals surface area contributed by atoms with E-state index in [1.165, 1.54) is 0 Å². The molecule has 4 heteroatoms. The molecule has 1 N–H and O–H groups in total. The van der Waals surface area contributed by atoms with Crippen molar-refractivity contribution in [2.75, 3.05) is 21.1 Å². The second-order valence-corrected chi connectivity index (χ2v) is 4.16. The summed E-state index contributed by atoms with van der Waals surface area (Å²) in [7, 11) is 5.81. The summed E-state index contributed by atoms with van der Waals surface area (Å²) < 4.78 is 0.520. The standard InChI is InChI=1S/C11H12N2O2/c1-13(2,3)9-5-4-8(7-12)10(6-9)11(14)15/h4-6H,1-3H3/p+1. The topological polar surface area (TPSA) is 61.1 Å². The zero-order valence-corrected chi connectivity index (χ0v) is 8.98. The van der Waals surface area contributed by atoms with E-state index in [9.17, 15) is 4.79 Å². The van der Waals surface area contributed by atoms with Crippen LogP contribution in [-0.4, -0.2) is 32.2 Å². The van der Waals surface area contributed by atoms with Crippen LogP contribution >= 0.6 is 0 Å². The van der Waals surface area contributed by atoms with Gasteiger partial charge < -0.3 is 5.11 Å². The van der Waals surface area contributed by atoms with Crippen LogP contribution in [0.3, 0.4) is 0 Å². The molecule has 0 atom stereocenters. The summed E-state index contributed by atoms with van der Waals surface area (Å²) in [4.78, 5) is 10.9. The Balaban J connectivity index is 3.37. The van der Waals surface area contributed by atoms with Crippen molar-refractivity contribution in [1.82, 2.24) is 4.48 Å². The molecule has 0 heterocycles. The summed E-state index contributed by atoms with van der Waals surface area (Å²) in [6, 6.07) is 6.72. The largest absolute Gasteiger partial charge is 0.478 e. The van der Waals surface area contributed by atoms with Crippen molar-refractivity contribution in [2.45, 2.75) is 0 Å². The van der Waals surface area contributed by atoms with Crippen LogP contribution in [0.25, 0.3) is 0 Å². The van der Waals surface area contributed by atoms with Gasteiger partial charge in [-0.2, -0.15) is 5.26 Å². The first-order chi connectivity index (χ1) is 6.86. The van der Waals surface area contributed by atoms with Crippen LogP contribution in [0.1, 0.15) is 15.9 Å². The summed E-state index contributed by atoms with van der Waals surface area (Å²) in [5, 5.41) is 17.7. The molecule has 78 valence electrons. The quantitative estimate of drug-likeness (QED) is 0.743. The van der Waals surface area contributed by atoms with E-state index in [2.05, 4.69) is 0 Å². The van der Waals surface area contributed by atoms with Gasteiger partial charge in [-0.1, -0.05) is 0 Å². The van der Waals surface area contributed by atoms with Gasteiger partial charge in [-0.15, -0.1) is 0 Å². The molecule has 0 bridgehead atoms. The highest BCUT2D eigenvalue weighted by molar-refractivity contribution is 5.91. The SMILES string of the molecule is C[N+](C)(C)c1ccc(C#N)c(C(=O)O)c1. The monoisotopic (exact) mass is 205 g/mol. The highest BCUT2D eigenvalue weighted by Crippen LogP contribution is 2.21. The average Bonchev–Trinajstić information content (AvgIpc) is 2.15. The lowest BCUT2D eigenvalue weighted by molar-refractivity contribution is 0.0696. The Morgan fingerprint density at radius 1 is 1.40 bits per heavy atom. The normalized spacial score (nSPS) is 10.8. The summed E-state index contributed by atoms with van der Waals surface area (Å²) in [5.74, 6) is -1.07. The van der Waals surface area contributed by atoms with Gasteiger partial charge >= 0.3 is 5.97 Å². The van der Waals surface area contributed by atoms with Crippen LogP contribution in [-0.2, 0) is 0 Å². The van der Waals surface area contributed by atoms with Gasteiger partial charge in [0.1, 0.15) is 11.8 Å². The number of aromatic carboxylic acids is 1. The molecule has 0 unspecified atom stereocenters. The fourth-order valence-corrected chi connectivity index (χ4v) is 1.22. The molecule has 0 aliphatic heterocycles. The minimum Gasteiger partial charge on any atom is -0.478 e. The maximum absolute atomic E-state index is 10.9. The van der Waals surface area contributed by atoms with E-state index in [0.717, 1.165) is 5.69 Å². The molecule has 0 spiro atoms. The maximum atomic E-state index is 10.9. The lowest BCUT2D eigenvalue weighted by Gasteiger charge is -2.23. The second-order valence-electron chi connectivity index (χ2n) is 4.16. The minimum absolute atomic E-state index is 0.0584. The lowest BCUT2D eigenvalue weighted by atomic mass is 10.1. The molecule has 15 heavy (non-hydrogen) atoms. The molecule has 0 saturated carbocycles. The Morgan fingerprint density at radius 3 is 2.40 bits per heavy atom. The molecule has 0 radical (unpaired) electrons. The van der Waals surface area contributed by atoms with E-state index in [-0.39, 0.29) is 11.1 Å². The van der Waals surface area contributed by atoms with Crippen molar-refractivity contribution < 1.29 is 9.90 Å². The van der Waals surface area contributed by atoms with Crippen molar-refractivity contribution in [3.63, 3.8) is 0 Å². The fourth-order valence-electron chi connectivity index (χ4n) is 1.22. The van der Waals surface area contributed by atoms with E-state index in [0.29, 0.717) is 4.48 Å². The third-order valence-electron chi connectivity index (χ3n) is 2.13. The zero-order valence-electron chi connectivity index (χ0n) is 8.98. The highest BCUT2D eigenvalue weighted by atomic mass is 16.4. The molecule has 0 aliphatic carbocycles. The maximum Gasteiger partial charge on any atom is 0.337 e. The number of nitriles is 1. The van der Waals surface area contributed by atoms with Gasteiger partial charge in [0, 0.05) is 12.1 Å². The van der Waals surface area contributed by atoms with Crippen LogP contribution in [0.2, 0.25) is 0 Å². The van der Waals surface area contributed by atoms with Gasteiger partial charge in [-0.05, 0) is 6.07 Å². The van der Waals surface area contributed by atoms with Crippen molar-refractivity contribution >= 4 is 11.7 Å². The first-order valence-electron chi connectivity index (χ1n) is 4.45. The molecule has 1 rings (SSSR count). The van der Waals surface area contributed by atoms with Gasteiger partial charge in [-0.3, -0.25) is 4.48 Å². The number of carbonyl (C=O) groups is 1. The molecule has 0 fully saturated rings. The zero-order chi connectivity index (χ0) is 11.6. The van der Waals surface area contributed by atoms with E-state index >= 15 is 0 Å². The number of quaternary nitrogens is 1. The highest BCUT2D eigenvalue weighted by Gasteiger charge is 2.17. The second kappa shape index (κ2) is 3.71. The summed E-state index contributed by atoms with van der Waals surface area (Å²) in [6.45, 7) is 0. The van der Waals surface area contributed by atoms with Crippen molar-refractivity contribution in [3.05, 3.63) is 29.3 Å². The third-order valence-corrected chi connectivity index (χ3v) is 2.13. The summed E-state index contributed by atoms with van der Waals surface area (Å²) >= 11 is 0. The Kier molecular flexibility index (Phi) is 2.78. The molecule has 4 nitrogen and oxygen atoms in total. The number of hydrogen-bond acceptors (Lipinski definition) is 2. The van der Waals surface area contributed by atoms with Crippen LogP contribution in [0.4, 0.5) is 5.69 Å². The van der Waals surface area contributed by atoms with Crippen LogP contribution < -0.4 is 4.48 Å². The molecular formula is C11H13N2O2+. The first-order valence-corrected chi connectivity index (χ1v) is 4.45. The van der Waals surface area contributed by atoms with Crippen molar-refractivity contribution in [3.8, 4) is 6.07 Å². The van der Waals surface area contributed by atoms with Crippen molar-refractivity contribution in [1.29, 1.82) is 5.26 Å². The van der Waals surface area contributed by atoms with E-state index in [1.807, 2.05) is 27.2 Å². The number of nitrogens with zero attached hydrogens (tertiary/aromatic N) is 2. The molecule has 1 aromatic carbocycles. The van der Waals surface area contributed by atoms with Gasteiger partial charge in [0.05, 0.1) is 32.3 Å². The number of carboxylic acids is 1. The molecule has 0 aromatic heterocycles. The lowest BCUT2D eigenvalue weighted by Crippen LogP contribution is -2.34. The smallest absolute Gasteiger partial charge is 0.337 e. The Bertz CT molecular complexity index is 439. The third kappa shape index (κ3) is 2.33. The molecule has 0 aliphatic rings. The molecule has 0 saturated heterocycles. The minimum atomic E-state index is -1.07. The Labute approximate surface area is 88.6 Å². The van der Waals surface area contributed by atoms with Crippen LogP contribution in [0.15, 0.2) is 18.2 Å². The molecule has 1 aromatic rings. The summed E-state index contributed by atoms with van der Waals surface area (Å²) in [6.07, 6.45) is 0. The number of carboxylic acid groups (broad SMARTS) is 1. The molecule has 0 amide bonds. The number of benzene rings is 1. The number of rotatable bonds is 2. The molecular weight excluding hydrogens is 192 g/mol. The average molecular weight is 205 g/mol. The van der Waals surface area contributed by atoms with Crippen LogP contribution in [0, 0.1) is 11.3 Å². The predicted octanol–water partition coefficient (Wildman–Crippen LogP) is 1.45. The van der Waals surface area contributed by atoms with E-state index in [1.54, 1.807) is 18.2 Å². The number of hydrogen-bond donors (Lipinski definition) is 1. The van der Waals surface area contributed by atoms with E-state index in [4.69, 9.17) is 10.4 Å². The van der Waals surface area contributed by atoms with Crippen molar-refractivity contribution in [2.24, 2.45) is 0 Å². The van der Waals surface area contributed by atoms with Gasteiger partial charge in [0.2, 0.25) is 0 Å². The fraction of sp³-hybridized carbons (Fsp3) is 0.273. The van der Waals surface area contributed by atoms with E-state index < -0.39 is 5.97 Å². The van der Waals surface area contributed by atoms with Crippen LogP contribution in [0.5, 0.6) is 0 Å². The van der Waals surface area contributed by atoms with Gasteiger partial charge in [0.25, 0.3) is 0 Å². The first kappa shape index (κ1) is 11.2. The predicted molar refractivity (Wildman–Crippen MR) is 57.7 cm³/mol.